The SMILES string of the molecule is CC(C)(C)OC=O.O=[N+]([O-])c1ccc2cnn(I)c2c1. The summed E-state index contributed by atoms with van der Waals surface area (Å²) < 4.78 is 6.13. The molecule has 1 aromatic heterocycles. The second-order valence-electron chi connectivity index (χ2n) is 4.83. The number of carbonyl (C=O) groups excluding carboxylic acids is 1. The van der Waals surface area contributed by atoms with E-state index in [1.807, 2.05) is 43.6 Å². The molecule has 0 amide bonds. The first-order valence-corrected chi connectivity index (χ1v) is 6.61. The number of hydrogen-bond donors (Lipinski definition) is 0. The van der Waals surface area contributed by atoms with E-state index in [4.69, 9.17) is 0 Å². The normalized spacial score (nSPS) is 10.6. The van der Waals surface area contributed by atoms with Gasteiger partial charge < -0.3 is 4.74 Å². The summed E-state index contributed by atoms with van der Waals surface area (Å²) in [6, 6.07) is 4.67. The number of benzene rings is 1. The van der Waals surface area contributed by atoms with Gasteiger partial charge in [0, 0.05) is 17.5 Å². The lowest BCUT2D eigenvalue weighted by molar-refractivity contribution is -0.384. The molecule has 0 spiro atoms. The maximum absolute atomic E-state index is 10.5. The Labute approximate surface area is 129 Å². The molecule has 20 heavy (non-hydrogen) atoms. The fourth-order valence-corrected chi connectivity index (χ4v) is 1.78. The molecule has 0 saturated carbocycles. The highest BCUT2D eigenvalue weighted by Gasteiger charge is 2.08. The van der Waals surface area contributed by atoms with Gasteiger partial charge in [-0.05, 0) is 26.8 Å². The van der Waals surface area contributed by atoms with Crippen molar-refractivity contribution in [1.29, 1.82) is 0 Å². The standard InChI is InChI=1S/C7H4IN3O2.C5H10O2/c8-10-7-3-6(11(12)13)2-1-5(7)4-9-10;1-5(2,3)7-4-6/h1-4H;4H,1-3H3. The maximum atomic E-state index is 10.5. The Morgan fingerprint density at radius 2 is 2.10 bits per heavy atom. The Balaban J connectivity index is 0.000000246. The largest absolute Gasteiger partial charge is 0.462 e. The molecule has 0 aliphatic heterocycles. The topological polar surface area (TPSA) is 87.3 Å². The van der Waals surface area contributed by atoms with Gasteiger partial charge >= 0.3 is 0 Å². The van der Waals surface area contributed by atoms with Crippen molar-refractivity contribution in [2.24, 2.45) is 0 Å². The highest BCUT2D eigenvalue weighted by Crippen LogP contribution is 2.21. The fraction of sp³-hybridized carbons (Fsp3) is 0.333. The van der Waals surface area contributed by atoms with E-state index >= 15 is 0 Å². The number of aromatic nitrogens is 2. The summed E-state index contributed by atoms with van der Waals surface area (Å²) in [5.74, 6) is 0. The summed E-state index contributed by atoms with van der Waals surface area (Å²) in [6.45, 7) is 5.92. The van der Waals surface area contributed by atoms with Crippen molar-refractivity contribution in [3.63, 3.8) is 0 Å². The molecule has 0 unspecified atom stereocenters. The zero-order valence-electron chi connectivity index (χ0n) is 11.2. The van der Waals surface area contributed by atoms with E-state index in [9.17, 15) is 14.9 Å². The minimum absolute atomic E-state index is 0.0888. The highest BCUT2D eigenvalue weighted by molar-refractivity contribution is 14.1. The minimum Gasteiger partial charge on any atom is -0.462 e. The van der Waals surface area contributed by atoms with Crippen LogP contribution in [0.3, 0.4) is 0 Å². The van der Waals surface area contributed by atoms with E-state index in [1.54, 1.807) is 15.2 Å². The molecule has 2 aromatic rings. The number of nitro benzene ring substituents is 1. The second-order valence-corrected chi connectivity index (χ2v) is 5.75. The lowest BCUT2D eigenvalue weighted by Crippen LogP contribution is -2.17. The van der Waals surface area contributed by atoms with Crippen LogP contribution in [0.15, 0.2) is 24.4 Å². The van der Waals surface area contributed by atoms with Crippen molar-refractivity contribution >= 4 is 45.9 Å². The van der Waals surface area contributed by atoms with E-state index in [-0.39, 0.29) is 11.3 Å². The van der Waals surface area contributed by atoms with Gasteiger partial charge in [0.15, 0.2) is 0 Å². The van der Waals surface area contributed by atoms with E-state index in [1.165, 1.54) is 12.1 Å². The molecule has 0 fully saturated rings. The predicted octanol–water partition coefficient (Wildman–Crippen LogP) is 3.10. The molecule has 0 radical (unpaired) electrons. The van der Waals surface area contributed by atoms with Crippen molar-refractivity contribution in [3.8, 4) is 0 Å². The van der Waals surface area contributed by atoms with E-state index in [0.717, 1.165) is 10.9 Å². The Morgan fingerprint density at radius 1 is 1.45 bits per heavy atom. The zero-order chi connectivity index (χ0) is 15.3. The monoisotopic (exact) mass is 391 g/mol. The molecule has 0 saturated heterocycles. The van der Waals surface area contributed by atoms with Gasteiger partial charge in [0.1, 0.15) is 5.60 Å². The van der Waals surface area contributed by atoms with E-state index < -0.39 is 4.92 Å². The molecule has 1 heterocycles. The van der Waals surface area contributed by atoms with Crippen LogP contribution in [-0.2, 0) is 9.53 Å². The third-order valence-corrected chi connectivity index (χ3v) is 2.89. The van der Waals surface area contributed by atoms with Gasteiger partial charge in [0.05, 0.1) is 39.5 Å². The van der Waals surface area contributed by atoms with Gasteiger partial charge in [-0.1, -0.05) is 0 Å². The first-order chi connectivity index (χ1) is 9.24. The van der Waals surface area contributed by atoms with E-state index in [2.05, 4.69) is 9.84 Å². The first-order valence-electron chi connectivity index (χ1n) is 5.64. The van der Waals surface area contributed by atoms with Crippen molar-refractivity contribution in [2.45, 2.75) is 26.4 Å². The van der Waals surface area contributed by atoms with Crippen LogP contribution >= 0.6 is 22.9 Å². The molecule has 0 N–H and O–H groups in total. The second kappa shape index (κ2) is 6.64. The molecule has 7 nitrogen and oxygen atoms in total. The summed E-state index contributed by atoms with van der Waals surface area (Å²) in [4.78, 5) is 19.6. The Bertz CT molecular complexity index is 619. The van der Waals surface area contributed by atoms with Crippen LogP contribution in [0.1, 0.15) is 20.8 Å². The van der Waals surface area contributed by atoms with Crippen LogP contribution in [0.4, 0.5) is 5.69 Å². The number of carbonyl (C=O) groups is 1. The van der Waals surface area contributed by atoms with Crippen molar-refractivity contribution in [3.05, 3.63) is 34.5 Å². The molecule has 2 rings (SSSR count). The van der Waals surface area contributed by atoms with Gasteiger partial charge in [-0.25, -0.2) is 2.90 Å². The molecular formula is C12H14IN3O4. The van der Waals surface area contributed by atoms with Crippen LogP contribution < -0.4 is 0 Å². The molecule has 0 atom stereocenters. The van der Waals surface area contributed by atoms with Crippen molar-refractivity contribution in [1.82, 2.24) is 7.99 Å². The summed E-state index contributed by atoms with van der Waals surface area (Å²) in [7, 11) is 0. The van der Waals surface area contributed by atoms with Gasteiger partial charge in [-0.3, -0.25) is 14.9 Å². The van der Waals surface area contributed by atoms with Crippen LogP contribution in [0.25, 0.3) is 10.9 Å². The number of hydrogen-bond acceptors (Lipinski definition) is 5. The van der Waals surface area contributed by atoms with Crippen LogP contribution in [-0.4, -0.2) is 25.0 Å². The number of nitro groups is 1. The van der Waals surface area contributed by atoms with Gasteiger partial charge in [-0.2, -0.15) is 5.10 Å². The number of nitrogens with zero attached hydrogens (tertiary/aromatic N) is 3. The van der Waals surface area contributed by atoms with Gasteiger partial charge in [0.25, 0.3) is 12.2 Å². The summed E-state index contributed by atoms with van der Waals surface area (Å²) in [5, 5.41) is 15.3. The van der Waals surface area contributed by atoms with Gasteiger partial charge in [-0.15, -0.1) is 0 Å². The minimum atomic E-state index is -0.414. The van der Waals surface area contributed by atoms with Crippen molar-refractivity contribution in [2.75, 3.05) is 0 Å². The molecule has 8 heteroatoms. The van der Waals surface area contributed by atoms with Gasteiger partial charge in [0.2, 0.25) is 0 Å². The summed E-state index contributed by atoms with van der Waals surface area (Å²) in [5.41, 5.74) is 0.530. The van der Waals surface area contributed by atoms with Crippen molar-refractivity contribution < 1.29 is 14.5 Å². The number of non-ortho nitro benzene ring substituents is 1. The third kappa shape index (κ3) is 4.76. The van der Waals surface area contributed by atoms with Crippen LogP contribution in [0.5, 0.6) is 0 Å². The summed E-state index contributed by atoms with van der Waals surface area (Å²) >= 11 is 1.98. The summed E-state index contributed by atoms with van der Waals surface area (Å²) in [6.07, 6.45) is 1.67. The number of rotatable bonds is 2. The average molecular weight is 391 g/mol. The average Bonchev–Trinajstić information content (AvgIpc) is 2.70. The fourth-order valence-electron chi connectivity index (χ4n) is 1.23. The quantitative estimate of drug-likeness (QED) is 0.340. The number of halogens is 1. The third-order valence-electron chi connectivity index (χ3n) is 2.12. The maximum Gasteiger partial charge on any atom is 0.293 e. The van der Waals surface area contributed by atoms with E-state index in [0.29, 0.717) is 6.47 Å². The highest BCUT2D eigenvalue weighted by atomic mass is 127. The van der Waals surface area contributed by atoms with Crippen LogP contribution in [0, 0.1) is 10.1 Å². The molecule has 1 aromatic carbocycles. The Morgan fingerprint density at radius 3 is 2.55 bits per heavy atom. The number of ether oxygens (including phenoxy) is 1. The lowest BCUT2D eigenvalue weighted by atomic mass is 10.2. The Hall–Kier alpha value is -1.71. The zero-order valence-corrected chi connectivity index (χ0v) is 13.4. The van der Waals surface area contributed by atoms with Crippen LogP contribution in [0.2, 0.25) is 0 Å². The number of fused-ring (bicyclic) bond motifs is 1. The molecule has 108 valence electrons. The molecule has 0 bridgehead atoms. The molecular weight excluding hydrogens is 377 g/mol. The lowest BCUT2D eigenvalue weighted by Gasteiger charge is -2.14. The molecule has 0 aliphatic carbocycles. The first kappa shape index (κ1) is 16.3. The predicted molar refractivity (Wildman–Crippen MR) is 82.7 cm³/mol. The smallest absolute Gasteiger partial charge is 0.293 e. The molecule has 0 aliphatic rings. The Kier molecular flexibility index (Phi) is 5.43.